The predicted molar refractivity (Wildman–Crippen MR) is 93.1 cm³/mol. The number of carbonyl (C=O) groups excluding carboxylic acids is 1. The first-order chi connectivity index (χ1) is 10.3. The standard InChI is InChI=1S/C15H23N3O3S.ClH/c1-11(16)13-7-9-18(10-8-13)22(20,21)15-5-3-14(4-6-15)17-12(2)19;/h3-6,11,13H,7-10,16H2,1-2H3,(H,17,19);1H. The van der Waals surface area contributed by atoms with Crippen molar-refractivity contribution in [3.05, 3.63) is 24.3 Å². The van der Waals surface area contributed by atoms with E-state index in [9.17, 15) is 13.2 Å². The summed E-state index contributed by atoms with van der Waals surface area (Å²) in [7, 11) is -3.48. The summed E-state index contributed by atoms with van der Waals surface area (Å²) in [5, 5.41) is 2.62. The van der Waals surface area contributed by atoms with Crippen molar-refractivity contribution in [3.63, 3.8) is 0 Å². The van der Waals surface area contributed by atoms with E-state index in [1.807, 2.05) is 6.92 Å². The van der Waals surface area contributed by atoms with Gasteiger partial charge in [-0.15, -0.1) is 12.4 Å². The van der Waals surface area contributed by atoms with Gasteiger partial charge in [0.1, 0.15) is 0 Å². The lowest BCUT2D eigenvalue weighted by atomic mass is 9.92. The molecule has 1 heterocycles. The lowest BCUT2D eigenvalue weighted by Crippen LogP contribution is -2.42. The number of carbonyl (C=O) groups is 1. The molecule has 1 atom stereocenters. The fraction of sp³-hybridized carbons (Fsp3) is 0.533. The van der Waals surface area contributed by atoms with Crippen LogP contribution in [0.1, 0.15) is 26.7 Å². The fourth-order valence-corrected chi connectivity index (χ4v) is 4.17. The van der Waals surface area contributed by atoms with Gasteiger partial charge >= 0.3 is 0 Å². The summed E-state index contributed by atoms with van der Waals surface area (Å²) < 4.78 is 26.7. The summed E-state index contributed by atoms with van der Waals surface area (Å²) in [6, 6.07) is 6.35. The van der Waals surface area contributed by atoms with Gasteiger partial charge in [0.05, 0.1) is 4.90 Å². The maximum Gasteiger partial charge on any atom is 0.243 e. The molecule has 0 aliphatic carbocycles. The Balaban J connectivity index is 0.00000264. The Morgan fingerprint density at radius 2 is 1.78 bits per heavy atom. The average molecular weight is 362 g/mol. The van der Waals surface area contributed by atoms with E-state index >= 15 is 0 Å². The van der Waals surface area contributed by atoms with Gasteiger partial charge in [0.2, 0.25) is 15.9 Å². The quantitative estimate of drug-likeness (QED) is 0.855. The highest BCUT2D eigenvalue weighted by atomic mass is 35.5. The molecule has 2 rings (SSSR count). The van der Waals surface area contributed by atoms with E-state index in [1.54, 1.807) is 12.1 Å². The number of halogens is 1. The van der Waals surface area contributed by atoms with Crippen LogP contribution in [0.3, 0.4) is 0 Å². The van der Waals surface area contributed by atoms with Crippen LogP contribution in [0.2, 0.25) is 0 Å². The van der Waals surface area contributed by atoms with Gasteiger partial charge in [0.15, 0.2) is 0 Å². The van der Waals surface area contributed by atoms with E-state index in [-0.39, 0.29) is 29.3 Å². The van der Waals surface area contributed by atoms with E-state index < -0.39 is 10.0 Å². The highest BCUT2D eigenvalue weighted by molar-refractivity contribution is 7.89. The third kappa shape index (κ3) is 4.91. The summed E-state index contributed by atoms with van der Waals surface area (Å²) >= 11 is 0. The monoisotopic (exact) mass is 361 g/mol. The zero-order chi connectivity index (χ0) is 16.3. The van der Waals surface area contributed by atoms with Gasteiger partial charge < -0.3 is 11.1 Å². The van der Waals surface area contributed by atoms with Crippen molar-refractivity contribution in [1.82, 2.24) is 4.31 Å². The molecule has 1 aromatic carbocycles. The number of sulfonamides is 1. The number of amides is 1. The molecule has 0 aromatic heterocycles. The molecule has 0 bridgehead atoms. The van der Waals surface area contributed by atoms with E-state index in [0.29, 0.717) is 24.7 Å². The van der Waals surface area contributed by atoms with E-state index in [1.165, 1.54) is 23.4 Å². The molecular weight excluding hydrogens is 338 g/mol. The van der Waals surface area contributed by atoms with Crippen LogP contribution >= 0.6 is 12.4 Å². The molecular formula is C15H24ClN3O3S. The van der Waals surface area contributed by atoms with Crippen molar-refractivity contribution >= 4 is 34.0 Å². The van der Waals surface area contributed by atoms with Gasteiger partial charge in [-0.25, -0.2) is 8.42 Å². The highest BCUT2D eigenvalue weighted by Gasteiger charge is 2.30. The van der Waals surface area contributed by atoms with Crippen molar-refractivity contribution in [3.8, 4) is 0 Å². The number of nitrogens with one attached hydrogen (secondary N) is 1. The Morgan fingerprint density at radius 1 is 1.26 bits per heavy atom. The number of hydrogen-bond acceptors (Lipinski definition) is 4. The molecule has 8 heteroatoms. The second-order valence-electron chi connectivity index (χ2n) is 5.81. The number of piperidine rings is 1. The van der Waals surface area contributed by atoms with Crippen LogP contribution in [-0.2, 0) is 14.8 Å². The van der Waals surface area contributed by atoms with Gasteiger partial charge in [-0.3, -0.25) is 4.79 Å². The largest absolute Gasteiger partial charge is 0.328 e. The Labute approximate surface area is 143 Å². The molecule has 1 aromatic rings. The number of rotatable bonds is 4. The molecule has 1 aliphatic heterocycles. The van der Waals surface area contributed by atoms with Gasteiger partial charge in [-0.2, -0.15) is 4.31 Å². The summed E-state index contributed by atoms with van der Waals surface area (Å²) in [5.74, 6) is 0.196. The molecule has 23 heavy (non-hydrogen) atoms. The molecule has 1 fully saturated rings. The van der Waals surface area contributed by atoms with E-state index in [0.717, 1.165) is 12.8 Å². The van der Waals surface area contributed by atoms with Gasteiger partial charge in [0.25, 0.3) is 0 Å². The zero-order valence-corrected chi connectivity index (χ0v) is 15.0. The maximum atomic E-state index is 12.6. The van der Waals surface area contributed by atoms with Crippen LogP contribution in [-0.4, -0.2) is 37.8 Å². The molecule has 0 spiro atoms. The van der Waals surface area contributed by atoms with Crippen LogP contribution in [0.4, 0.5) is 5.69 Å². The average Bonchev–Trinajstić information content (AvgIpc) is 2.47. The Morgan fingerprint density at radius 3 is 2.22 bits per heavy atom. The summed E-state index contributed by atoms with van der Waals surface area (Å²) in [4.78, 5) is 11.2. The molecule has 1 unspecified atom stereocenters. The minimum absolute atomic E-state index is 0. The van der Waals surface area contributed by atoms with E-state index in [2.05, 4.69) is 5.32 Å². The first-order valence-electron chi connectivity index (χ1n) is 7.44. The van der Waals surface area contributed by atoms with Crippen molar-refractivity contribution in [2.45, 2.75) is 37.6 Å². The summed E-state index contributed by atoms with van der Waals surface area (Å²) in [6.07, 6.45) is 1.59. The third-order valence-electron chi connectivity index (χ3n) is 4.05. The van der Waals surface area contributed by atoms with Crippen LogP contribution in [0, 0.1) is 5.92 Å². The van der Waals surface area contributed by atoms with Gasteiger partial charge in [0, 0.05) is 31.7 Å². The maximum absolute atomic E-state index is 12.6. The number of anilines is 1. The number of benzene rings is 1. The second-order valence-corrected chi connectivity index (χ2v) is 7.74. The third-order valence-corrected chi connectivity index (χ3v) is 5.97. The second kappa shape index (κ2) is 8.10. The first-order valence-corrected chi connectivity index (χ1v) is 8.88. The van der Waals surface area contributed by atoms with Crippen molar-refractivity contribution < 1.29 is 13.2 Å². The molecule has 0 radical (unpaired) electrons. The van der Waals surface area contributed by atoms with Gasteiger partial charge in [-0.05, 0) is 49.9 Å². The topological polar surface area (TPSA) is 92.5 Å². The van der Waals surface area contributed by atoms with Crippen LogP contribution < -0.4 is 11.1 Å². The molecule has 130 valence electrons. The van der Waals surface area contributed by atoms with Gasteiger partial charge in [-0.1, -0.05) is 0 Å². The minimum Gasteiger partial charge on any atom is -0.328 e. The number of nitrogens with zero attached hydrogens (tertiary/aromatic N) is 1. The molecule has 6 nitrogen and oxygen atoms in total. The van der Waals surface area contributed by atoms with Crippen molar-refractivity contribution in [1.29, 1.82) is 0 Å². The Hall–Kier alpha value is -1.15. The molecule has 1 aliphatic rings. The lowest BCUT2D eigenvalue weighted by Gasteiger charge is -2.32. The number of nitrogens with two attached hydrogens (primary N) is 1. The lowest BCUT2D eigenvalue weighted by molar-refractivity contribution is -0.114. The molecule has 1 amide bonds. The minimum atomic E-state index is -3.48. The smallest absolute Gasteiger partial charge is 0.243 e. The number of hydrogen-bond donors (Lipinski definition) is 2. The first kappa shape index (κ1) is 19.9. The zero-order valence-electron chi connectivity index (χ0n) is 13.4. The normalized spacial score (nSPS) is 18.0. The van der Waals surface area contributed by atoms with Crippen LogP contribution in [0.25, 0.3) is 0 Å². The molecule has 3 N–H and O–H groups in total. The van der Waals surface area contributed by atoms with Crippen LogP contribution in [0.5, 0.6) is 0 Å². The van der Waals surface area contributed by atoms with Crippen molar-refractivity contribution in [2.24, 2.45) is 11.7 Å². The van der Waals surface area contributed by atoms with E-state index in [4.69, 9.17) is 5.73 Å². The predicted octanol–water partition coefficient (Wildman–Crippen LogP) is 1.81. The Kier molecular flexibility index (Phi) is 7.01. The summed E-state index contributed by atoms with van der Waals surface area (Å²) in [6.45, 7) is 4.38. The fourth-order valence-electron chi connectivity index (χ4n) is 2.70. The molecule has 1 saturated heterocycles. The highest BCUT2D eigenvalue weighted by Crippen LogP contribution is 2.25. The van der Waals surface area contributed by atoms with Crippen molar-refractivity contribution in [2.75, 3.05) is 18.4 Å². The SMILES string of the molecule is CC(=O)Nc1ccc(S(=O)(=O)N2CCC(C(C)N)CC2)cc1.Cl. The Bertz CT molecular complexity index is 624. The molecule has 0 saturated carbocycles. The van der Waals surface area contributed by atoms with Crippen LogP contribution in [0.15, 0.2) is 29.2 Å². The summed E-state index contributed by atoms with van der Waals surface area (Å²) in [5.41, 5.74) is 6.47.